The predicted octanol–water partition coefficient (Wildman–Crippen LogP) is 5.30. The number of aromatic nitrogens is 4. The smallest absolute Gasteiger partial charge is 0.434 e. The number of rotatable bonds is 4. The second-order valence-electron chi connectivity index (χ2n) is 8.56. The standard InChI is InChI=1S/C20H20ClF3N4O2/c1-28-10-13(20(22,23)24)26-16(28)19-6-3-18(4-7-19,5-8-19)11-30-15-14-12(2-9-29-14)25-17(21)27-15/h2,9-10H,3-8,11H2,1H3. The van der Waals surface area contributed by atoms with E-state index >= 15 is 0 Å². The van der Waals surface area contributed by atoms with Gasteiger partial charge in [0.1, 0.15) is 11.3 Å². The summed E-state index contributed by atoms with van der Waals surface area (Å²) in [7, 11) is 1.65. The van der Waals surface area contributed by atoms with Gasteiger partial charge in [-0.2, -0.15) is 18.2 Å². The van der Waals surface area contributed by atoms with Gasteiger partial charge in [-0.05, 0) is 50.1 Å². The SMILES string of the molecule is Cn1cc(C(F)(F)F)nc1C12CCC(COc3nc(Cl)nc4ccoc34)(CC1)CC2. The molecule has 3 heterocycles. The summed E-state index contributed by atoms with van der Waals surface area (Å²) in [6, 6.07) is 1.70. The Bertz CT molecular complexity index is 1080. The van der Waals surface area contributed by atoms with Crippen molar-refractivity contribution < 1.29 is 22.3 Å². The van der Waals surface area contributed by atoms with Gasteiger partial charge < -0.3 is 13.7 Å². The van der Waals surface area contributed by atoms with Gasteiger partial charge in [0, 0.05) is 30.1 Å². The number of hydrogen-bond donors (Lipinski definition) is 0. The Hall–Kier alpha value is -2.29. The average Bonchev–Trinajstić information content (AvgIpc) is 3.34. The zero-order valence-corrected chi connectivity index (χ0v) is 17.1. The van der Waals surface area contributed by atoms with Gasteiger partial charge in [-0.1, -0.05) is 0 Å². The highest BCUT2D eigenvalue weighted by Crippen LogP contribution is 2.57. The zero-order valence-electron chi connectivity index (χ0n) is 16.3. The molecule has 3 aromatic rings. The first-order valence-corrected chi connectivity index (χ1v) is 10.2. The van der Waals surface area contributed by atoms with Crippen LogP contribution in [-0.4, -0.2) is 26.1 Å². The van der Waals surface area contributed by atoms with Gasteiger partial charge in [0.15, 0.2) is 5.69 Å². The Balaban J connectivity index is 1.33. The number of fused-ring (bicyclic) bond motifs is 4. The molecule has 0 aliphatic heterocycles. The Kier molecular flexibility index (Phi) is 4.33. The molecule has 10 heteroatoms. The fraction of sp³-hybridized carbons (Fsp3) is 0.550. The van der Waals surface area contributed by atoms with E-state index < -0.39 is 11.9 Å². The molecule has 0 amide bonds. The highest BCUT2D eigenvalue weighted by Gasteiger charge is 2.52. The predicted molar refractivity (Wildman–Crippen MR) is 102 cm³/mol. The number of halogens is 4. The van der Waals surface area contributed by atoms with Crippen molar-refractivity contribution in [3.63, 3.8) is 0 Å². The largest absolute Gasteiger partial charge is 0.474 e. The zero-order chi connectivity index (χ0) is 21.1. The molecule has 3 aromatic heterocycles. The average molecular weight is 441 g/mol. The maximum absolute atomic E-state index is 13.1. The number of aryl methyl sites for hydroxylation is 1. The molecule has 0 unspecified atom stereocenters. The Morgan fingerprint density at radius 1 is 1.13 bits per heavy atom. The van der Waals surface area contributed by atoms with Crippen LogP contribution in [-0.2, 0) is 18.6 Å². The van der Waals surface area contributed by atoms with Gasteiger partial charge in [0.25, 0.3) is 5.88 Å². The highest BCUT2D eigenvalue weighted by molar-refractivity contribution is 6.28. The minimum Gasteiger partial charge on any atom is -0.474 e. The van der Waals surface area contributed by atoms with Gasteiger partial charge in [-0.3, -0.25) is 0 Å². The van der Waals surface area contributed by atoms with Crippen molar-refractivity contribution in [1.82, 2.24) is 19.5 Å². The van der Waals surface area contributed by atoms with Crippen LogP contribution in [0.4, 0.5) is 13.2 Å². The second kappa shape index (κ2) is 6.60. The molecule has 6 nitrogen and oxygen atoms in total. The number of furan rings is 1. The van der Waals surface area contributed by atoms with Crippen molar-refractivity contribution in [1.29, 1.82) is 0 Å². The summed E-state index contributed by atoms with van der Waals surface area (Å²) >= 11 is 5.98. The van der Waals surface area contributed by atoms with Gasteiger partial charge in [-0.25, -0.2) is 9.97 Å². The van der Waals surface area contributed by atoms with E-state index in [2.05, 4.69) is 15.0 Å². The third-order valence-electron chi connectivity index (χ3n) is 6.80. The van der Waals surface area contributed by atoms with Gasteiger partial charge in [0.2, 0.25) is 10.9 Å². The molecule has 30 heavy (non-hydrogen) atoms. The van der Waals surface area contributed by atoms with E-state index in [4.69, 9.17) is 20.8 Å². The number of alkyl halides is 3. The molecule has 160 valence electrons. The molecule has 0 atom stereocenters. The maximum atomic E-state index is 13.1. The summed E-state index contributed by atoms with van der Waals surface area (Å²) in [5, 5.41) is 0.0953. The Labute approximate surface area is 175 Å². The Morgan fingerprint density at radius 3 is 2.47 bits per heavy atom. The molecule has 0 radical (unpaired) electrons. The molecule has 3 aliphatic rings. The van der Waals surface area contributed by atoms with Gasteiger partial charge in [-0.15, -0.1) is 0 Å². The topological polar surface area (TPSA) is 66.0 Å². The first kappa shape index (κ1) is 19.7. The quantitative estimate of drug-likeness (QED) is 0.515. The minimum absolute atomic E-state index is 0.0316. The summed E-state index contributed by atoms with van der Waals surface area (Å²) in [6.07, 6.45) is 3.14. The van der Waals surface area contributed by atoms with Crippen LogP contribution in [0.15, 0.2) is 22.9 Å². The summed E-state index contributed by atoms with van der Waals surface area (Å²) in [5.41, 5.74) is -0.0976. The normalized spacial score (nSPS) is 26.4. The highest BCUT2D eigenvalue weighted by atomic mass is 35.5. The minimum atomic E-state index is -4.43. The molecule has 0 spiro atoms. The third-order valence-corrected chi connectivity index (χ3v) is 6.97. The molecular weight excluding hydrogens is 421 g/mol. The summed E-state index contributed by atoms with van der Waals surface area (Å²) < 4.78 is 52.3. The molecular formula is C20H20ClF3N4O2. The van der Waals surface area contributed by atoms with Crippen LogP contribution in [0.1, 0.15) is 50.0 Å². The maximum Gasteiger partial charge on any atom is 0.434 e. The van der Waals surface area contributed by atoms with Crippen molar-refractivity contribution in [2.45, 2.75) is 50.1 Å². The molecule has 0 aromatic carbocycles. The lowest BCUT2D eigenvalue weighted by Crippen LogP contribution is -2.47. The van der Waals surface area contributed by atoms with Gasteiger partial charge >= 0.3 is 6.18 Å². The molecule has 6 rings (SSSR count). The van der Waals surface area contributed by atoms with E-state index in [0.717, 1.165) is 44.7 Å². The lowest BCUT2D eigenvalue weighted by Gasteiger charge is -2.52. The lowest BCUT2D eigenvalue weighted by atomic mass is 9.53. The fourth-order valence-electron chi connectivity index (χ4n) is 5.04. The van der Waals surface area contributed by atoms with Crippen molar-refractivity contribution in [2.24, 2.45) is 12.5 Å². The summed E-state index contributed by atoms with van der Waals surface area (Å²) in [4.78, 5) is 12.2. The number of nitrogens with zero attached hydrogens (tertiary/aromatic N) is 4. The monoisotopic (exact) mass is 440 g/mol. The molecule has 3 saturated carbocycles. The Morgan fingerprint density at radius 2 is 1.83 bits per heavy atom. The van der Waals surface area contributed by atoms with Crippen LogP contribution >= 0.6 is 11.6 Å². The van der Waals surface area contributed by atoms with Gasteiger partial charge in [0.05, 0.1) is 12.9 Å². The van der Waals surface area contributed by atoms with Crippen LogP contribution in [0.25, 0.3) is 11.1 Å². The molecule has 3 fully saturated rings. The van der Waals surface area contributed by atoms with E-state index in [1.165, 1.54) is 6.26 Å². The number of imidazole rings is 1. The van der Waals surface area contributed by atoms with E-state index in [-0.39, 0.29) is 16.1 Å². The van der Waals surface area contributed by atoms with Crippen LogP contribution in [0, 0.1) is 5.41 Å². The number of hydrogen-bond acceptors (Lipinski definition) is 5. The van der Waals surface area contributed by atoms with Crippen LogP contribution in [0.2, 0.25) is 5.28 Å². The van der Waals surface area contributed by atoms with Crippen molar-refractivity contribution in [3.8, 4) is 5.88 Å². The van der Waals surface area contributed by atoms with E-state index in [9.17, 15) is 13.2 Å². The van der Waals surface area contributed by atoms with E-state index in [1.807, 2.05) is 0 Å². The molecule has 0 N–H and O–H groups in total. The second-order valence-corrected chi connectivity index (χ2v) is 8.90. The summed E-state index contributed by atoms with van der Waals surface area (Å²) in [5.74, 6) is 0.870. The van der Waals surface area contributed by atoms with Crippen LogP contribution < -0.4 is 4.74 Å². The van der Waals surface area contributed by atoms with Crippen molar-refractivity contribution in [2.75, 3.05) is 6.61 Å². The molecule has 0 saturated heterocycles. The lowest BCUT2D eigenvalue weighted by molar-refractivity contribution is -0.141. The first-order valence-electron chi connectivity index (χ1n) is 9.84. The first-order chi connectivity index (χ1) is 14.2. The van der Waals surface area contributed by atoms with Crippen LogP contribution in [0.3, 0.4) is 0 Å². The molecule has 2 bridgehead atoms. The molecule has 3 aliphatic carbocycles. The van der Waals surface area contributed by atoms with E-state index in [1.54, 1.807) is 17.7 Å². The third kappa shape index (κ3) is 3.14. The number of ether oxygens (including phenoxy) is 1. The van der Waals surface area contributed by atoms with E-state index in [0.29, 0.717) is 29.4 Å². The van der Waals surface area contributed by atoms with Crippen molar-refractivity contribution >= 4 is 22.7 Å². The van der Waals surface area contributed by atoms with Crippen molar-refractivity contribution in [3.05, 3.63) is 35.3 Å². The van der Waals surface area contributed by atoms with Crippen LogP contribution in [0.5, 0.6) is 5.88 Å². The fourth-order valence-corrected chi connectivity index (χ4v) is 5.21. The summed E-state index contributed by atoms with van der Waals surface area (Å²) in [6.45, 7) is 0.459.